The van der Waals surface area contributed by atoms with Crippen molar-refractivity contribution in [3.05, 3.63) is 59.3 Å². The lowest BCUT2D eigenvalue weighted by Gasteiger charge is -2.09. The molecule has 0 spiro atoms. The van der Waals surface area contributed by atoms with Crippen molar-refractivity contribution in [1.29, 1.82) is 0 Å². The van der Waals surface area contributed by atoms with Gasteiger partial charge in [-0.3, -0.25) is 0 Å². The van der Waals surface area contributed by atoms with Gasteiger partial charge in [0.2, 0.25) is 5.90 Å². The van der Waals surface area contributed by atoms with Crippen molar-refractivity contribution in [3.63, 3.8) is 0 Å². The number of benzene rings is 2. The molecule has 0 aromatic heterocycles. The predicted molar refractivity (Wildman–Crippen MR) is 135 cm³/mol. The number of rotatable bonds is 14. The first-order valence-electron chi connectivity index (χ1n) is 12.1. The third-order valence-electron chi connectivity index (χ3n) is 5.71. The molecule has 182 valence electrons. The van der Waals surface area contributed by atoms with Crippen LogP contribution in [0.4, 0.5) is 0 Å². The molecule has 0 N–H and O–H groups in total. The van der Waals surface area contributed by atoms with Gasteiger partial charge in [0.15, 0.2) is 17.2 Å². The van der Waals surface area contributed by atoms with E-state index in [0.717, 1.165) is 12.2 Å². The van der Waals surface area contributed by atoms with Crippen LogP contribution in [-0.2, 0) is 9.53 Å². The highest BCUT2D eigenvalue weighted by atomic mass is 16.6. The van der Waals surface area contributed by atoms with Gasteiger partial charge in [0.05, 0.1) is 20.8 Å². The summed E-state index contributed by atoms with van der Waals surface area (Å²) in [5, 5.41) is 0. The second-order valence-electron chi connectivity index (χ2n) is 8.27. The van der Waals surface area contributed by atoms with Crippen LogP contribution in [0, 0.1) is 0 Å². The Morgan fingerprint density at radius 3 is 2.26 bits per heavy atom. The van der Waals surface area contributed by atoms with Crippen LogP contribution >= 0.6 is 0 Å². The summed E-state index contributed by atoms with van der Waals surface area (Å²) in [5.41, 5.74) is 1.61. The Morgan fingerprint density at radius 2 is 1.59 bits per heavy atom. The molecule has 1 heterocycles. The maximum absolute atomic E-state index is 12.4. The van der Waals surface area contributed by atoms with Crippen LogP contribution in [0.25, 0.3) is 6.08 Å². The van der Waals surface area contributed by atoms with E-state index in [2.05, 4.69) is 11.9 Å². The zero-order valence-corrected chi connectivity index (χ0v) is 20.5. The number of nitrogens with zero attached hydrogens (tertiary/aromatic N) is 1. The summed E-state index contributed by atoms with van der Waals surface area (Å²) in [7, 11) is 3.12. The summed E-state index contributed by atoms with van der Waals surface area (Å²) in [4.78, 5) is 16.8. The number of esters is 1. The van der Waals surface area contributed by atoms with E-state index in [9.17, 15) is 4.79 Å². The number of para-hydroxylation sites is 1. The Hall–Kier alpha value is -3.28. The average Bonchev–Trinajstić information content (AvgIpc) is 3.23. The van der Waals surface area contributed by atoms with E-state index in [-0.39, 0.29) is 11.6 Å². The average molecular weight is 466 g/mol. The Kier molecular flexibility index (Phi) is 10.0. The predicted octanol–water partition coefficient (Wildman–Crippen LogP) is 6.57. The molecule has 34 heavy (non-hydrogen) atoms. The number of hydrogen-bond acceptors (Lipinski definition) is 6. The highest BCUT2D eigenvalue weighted by Crippen LogP contribution is 2.33. The molecule has 2 aromatic carbocycles. The second kappa shape index (κ2) is 13.4. The van der Waals surface area contributed by atoms with Crippen molar-refractivity contribution >= 4 is 17.9 Å². The number of cyclic esters (lactones) is 1. The zero-order chi connectivity index (χ0) is 24.2. The molecule has 0 unspecified atom stereocenters. The Morgan fingerprint density at radius 1 is 0.882 bits per heavy atom. The van der Waals surface area contributed by atoms with Crippen LogP contribution in [0.3, 0.4) is 0 Å². The molecule has 6 heteroatoms. The first kappa shape index (κ1) is 25.3. The molecule has 0 bridgehead atoms. The van der Waals surface area contributed by atoms with Crippen molar-refractivity contribution in [1.82, 2.24) is 0 Å². The van der Waals surface area contributed by atoms with E-state index in [4.69, 9.17) is 18.9 Å². The summed E-state index contributed by atoms with van der Waals surface area (Å²) < 4.78 is 22.0. The monoisotopic (exact) mass is 465 g/mol. The normalized spacial score (nSPS) is 14.1. The lowest BCUT2D eigenvalue weighted by molar-refractivity contribution is -0.129. The Bertz CT molecular complexity index is 994. The lowest BCUT2D eigenvalue weighted by atomic mass is 10.1. The first-order valence-corrected chi connectivity index (χ1v) is 12.1. The van der Waals surface area contributed by atoms with Crippen molar-refractivity contribution in [2.75, 3.05) is 20.8 Å². The fraction of sp³-hybridized carbons (Fsp3) is 0.429. The van der Waals surface area contributed by atoms with Crippen LogP contribution < -0.4 is 14.2 Å². The number of aliphatic imine (C=N–C) groups is 1. The summed E-state index contributed by atoms with van der Waals surface area (Å²) in [6.07, 6.45) is 11.8. The van der Waals surface area contributed by atoms with Gasteiger partial charge in [-0.15, -0.1) is 0 Å². The van der Waals surface area contributed by atoms with Gasteiger partial charge in [0, 0.05) is 11.1 Å². The molecule has 1 aliphatic heterocycles. The van der Waals surface area contributed by atoms with E-state index in [1.807, 2.05) is 36.4 Å². The molecule has 0 amide bonds. The van der Waals surface area contributed by atoms with Crippen molar-refractivity contribution in [3.8, 4) is 17.2 Å². The Labute approximate surface area is 202 Å². The molecule has 3 rings (SSSR count). The van der Waals surface area contributed by atoms with E-state index in [1.165, 1.54) is 44.9 Å². The highest BCUT2D eigenvalue weighted by molar-refractivity contribution is 6.13. The zero-order valence-electron chi connectivity index (χ0n) is 20.5. The molecule has 0 fully saturated rings. The summed E-state index contributed by atoms with van der Waals surface area (Å²) in [6, 6.07) is 12.9. The van der Waals surface area contributed by atoms with Gasteiger partial charge in [-0.1, -0.05) is 64.0 Å². The SMILES string of the molecule is CCCCCCCCCCOc1ccc(C2=N/C(=C\c3cccc(OC)c3OC)C(=O)O2)cc1. The molecular weight excluding hydrogens is 430 g/mol. The fourth-order valence-electron chi connectivity index (χ4n) is 3.83. The minimum atomic E-state index is -0.505. The number of carbonyl (C=O) groups is 1. The minimum Gasteiger partial charge on any atom is -0.494 e. The maximum atomic E-state index is 12.4. The summed E-state index contributed by atoms with van der Waals surface area (Å²) in [6.45, 7) is 2.95. The summed E-state index contributed by atoms with van der Waals surface area (Å²) >= 11 is 0. The van der Waals surface area contributed by atoms with Gasteiger partial charge in [-0.25, -0.2) is 9.79 Å². The summed E-state index contributed by atoms with van der Waals surface area (Å²) in [5.74, 6) is 1.68. The van der Waals surface area contributed by atoms with E-state index >= 15 is 0 Å². The van der Waals surface area contributed by atoms with Crippen molar-refractivity contribution in [2.24, 2.45) is 4.99 Å². The molecule has 0 saturated carbocycles. The van der Waals surface area contributed by atoms with Crippen LogP contribution in [0.2, 0.25) is 0 Å². The molecule has 0 radical (unpaired) electrons. The topological polar surface area (TPSA) is 66.3 Å². The Balaban J connectivity index is 1.53. The van der Waals surface area contributed by atoms with Gasteiger partial charge >= 0.3 is 5.97 Å². The van der Waals surface area contributed by atoms with E-state index < -0.39 is 5.97 Å². The molecular formula is C28H35NO5. The molecule has 0 saturated heterocycles. The third-order valence-corrected chi connectivity index (χ3v) is 5.71. The van der Waals surface area contributed by atoms with E-state index in [0.29, 0.717) is 29.2 Å². The number of methoxy groups -OCH3 is 2. The lowest BCUT2D eigenvalue weighted by Crippen LogP contribution is -2.05. The third kappa shape index (κ3) is 7.11. The van der Waals surface area contributed by atoms with Crippen molar-refractivity contribution in [2.45, 2.75) is 58.3 Å². The molecule has 0 aliphatic carbocycles. The molecule has 0 atom stereocenters. The van der Waals surface area contributed by atoms with Crippen LogP contribution in [0.1, 0.15) is 69.4 Å². The van der Waals surface area contributed by atoms with Gasteiger partial charge in [-0.2, -0.15) is 0 Å². The van der Waals surface area contributed by atoms with Crippen LogP contribution in [-0.4, -0.2) is 32.7 Å². The number of carbonyl (C=O) groups excluding carboxylic acids is 1. The fourth-order valence-corrected chi connectivity index (χ4v) is 3.83. The maximum Gasteiger partial charge on any atom is 0.363 e. The van der Waals surface area contributed by atoms with Crippen molar-refractivity contribution < 1.29 is 23.7 Å². The smallest absolute Gasteiger partial charge is 0.363 e. The van der Waals surface area contributed by atoms with Gasteiger partial charge < -0.3 is 18.9 Å². The number of hydrogen-bond donors (Lipinski definition) is 0. The number of unbranched alkanes of at least 4 members (excludes halogenated alkanes) is 7. The molecule has 6 nitrogen and oxygen atoms in total. The first-order chi connectivity index (χ1) is 16.7. The standard InChI is InChI=1S/C28H35NO5/c1-4-5-6-7-8-9-10-11-19-33-23-17-15-21(16-18-23)27-29-24(28(30)34-27)20-22-13-12-14-25(31-2)26(22)32-3/h12-18,20H,4-11,19H2,1-3H3/b24-20-. The molecule has 2 aromatic rings. The van der Waals surface area contributed by atoms with Crippen LogP contribution in [0.15, 0.2) is 53.2 Å². The molecule has 1 aliphatic rings. The quantitative estimate of drug-likeness (QED) is 0.179. The number of ether oxygens (including phenoxy) is 4. The van der Waals surface area contributed by atoms with Gasteiger partial charge in [0.25, 0.3) is 0 Å². The van der Waals surface area contributed by atoms with E-state index in [1.54, 1.807) is 26.4 Å². The highest BCUT2D eigenvalue weighted by Gasteiger charge is 2.25. The van der Waals surface area contributed by atoms with Crippen LogP contribution in [0.5, 0.6) is 17.2 Å². The van der Waals surface area contributed by atoms with Gasteiger partial charge in [0.1, 0.15) is 5.75 Å². The second-order valence-corrected chi connectivity index (χ2v) is 8.27. The largest absolute Gasteiger partial charge is 0.494 e. The minimum absolute atomic E-state index is 0.205. The van der Waals surface area contributed by atoms with Gasteiger partial charge in [-0.05, 0) is 42.8 Å².